The molecule has 0 bridgehead atoms. The molecule has 1 saturated carbocycles. The van der Waals surface area contributed by atoms with Crippen LogP contribution in [0.4, 0.5) is 0 Å². The van der Waals surface area contributed by atoms with Crippen molar-refractivity contribution in [2.45, 2.75) is 77.0 Å². The van der Waals surface area contributed by atoms with Crippen LogP contribution in [0.1, 0.15) is 77.0 Å². The van der Waals surface area contributed by atoms with Crippen LogP contribution in [-0.4, -0.2) is 22.2 Å². The molecular formula is C15H26O4. The topological polar surface area (TPSA) is 74.6 Å². The third kappa shape index (κ3) is 6.60. The van der Waals surface area contributed by atoms with Crippen molar-refractivity contribution in [2.75, 3.05) is 0 Å². The quantitative estimate of drug-likeness (QED) is 0.528. The molecule has 1 aliphatic rings. The Balaban J connectivity index is 1.82. The van der Waals surface area contributed by atoms with E-state index < -0.39 is 11.9 Å². The Hall–Kier alpha value is -1.06. The molecule has 1 fully saturated rings. The van der Waals surface area contributed by atoms with Gasteiger partial charge in [-0.25, -0.2) is 0 Å². The summed E-state index contributed by atoms with van der Waals surface area (Å²) in [5, 5.41) is 17.5. The molecule has 2 N–H and O–H groups in total. The highest BCUT2D eigenvalue weighted by atomic mass is 16.4. The maximum atomic E-state index is 11.0. The largest absolute Gasteiger partial charge is 0.481 e. The molecule has 1 rings (SSSR count). The number of unbranched alkanes of at least 4 members (excludes halogenated alkanes) is 7. The summed E-state index contributed by atoms with van der Waals surface area (Å²) in [5.74, 6) is -1.31. The Morgan fingerprint density at radius 2 is 1.26 bits per heavy atom. The lowest BCUT2D eigenvalue weighted by molar-refractivity contribution is -0.143. The van der Waals surface area contributed by atoms with Gasteiger partial charge in [0.15, 0.2) is 0 Å². The lowest BCUT2D eigenvalue weighted by Crippen LogP contribution is -2.14. The Kier molecular flexibility index (Phi) is 6.89. The number of carbonyl (C=O) groups is 2. The van der Waals surface area contributed by atoms with Crippen molar-refractivity contribution in [1.29, 1.82) is 0 Å². The van der Waals surface area contributed by atoms with Gasteiger partial charge in [0.05, 0.1) is 5.41 Å². The van der Waals surface area contributed by atoms with Crippen LogP contribution in [0, 0.1) is 5.41 Å². The second-order valence-corrected chi connectivity index (χ2v) is 5.81. The smallest absolute Gasteiger partial charge is 0.309 e. The van der Waals surface area contributed by atoms with Gasteiger partial charge in [0.1, 0.15) is 0 Å². The van der Waals surface area contributed by atoms with Gasteiger partial charge in [-0.15, -0.1) is 0 Å². The van der Waals surface area contributed by atoms with E-state index in [1.807, 2.05) is 0 Å². The number of hydrogen-bond acceptors (Lipinski definition) is 2. The minimum Gasteiger partial charge on any atom is -0.481 e. The Morgan fingerprint density at radius 3 is 1.68 bits per heavy atom. The van der Waals surface area contributed by atoms with Gasteiger partial charge in [-0.2, -0.15) is 0 Å². The van der Waals surface area contributed by atoms with Crippen LogP contribution in [0.15, 0.2) is 0 Å². The number of carboxylic acid groups (broad SMARTS) is 2. The zero-order valence-electron chi connectivity index (χ0n) is 11.7. The standard InChI is InChI=1S/C15H26O4/c16-13(17)9-7-5-3-1-2-4-6-8-10-15(11-12-15)14(18)19/h1-12H2,(H,16,17)(H,18,19). The highest BCUT2D eigenvalue weighted by Crippen LogP contribution is 2.50. The molecule has 110 valence electrons. The lowest BCUT2D eigenvalue weighted by atomic mass is 9.97. The summed E-state index contributed by atoms with van der Waals surface area (Å²) in [4.78, 5) is 21.3. The van der Waals surface area contributed by atoms with Gasteiger partial charge in [-0.05, 0) is 25.7 Å². The summed E-state index contributed by atoms with van der Waals surface area (Å²) < 4.78 is 0. The van der Waals surface area contributed by atoms with E-state index in [9.17, 15) is 9.59 Å². The maximum Gasteiger partial charge on any atom is 0.309 e. The summed E-state index contributed by atoms with van der Waals surface area (Å²) in [7, 11) is 0. The van der Waals surface area contributed by atoms with Gasteiger partial charge < -0.3 is 10.2 Å². The third-order valence-electron chi connectivity index (χ3n) is 4.10. The van der Waals surface area contributed by atoms with Crippen LogP contribution < -0.4 is 0 Å². The second kappa shape index (κ2) is 8.18. The first-order valence-corrected chi connectivity index (χ1v) is 7.52. The minimum atomic E-state index is -0.701. The first kappa shape index (κ1) is 16.0. The van der Waals surface area contributed by atoms with Crippen molar-refractivity contribution in [3.8, 4) is 0 Å². The molecule has 0 saturated heterocycles. The summed E-state index contributed by atoms with van der Waals surface area (Å²) in [6.07, 6.45) is 11.5. The third-order valence-corrected chi connectivity index (χ3v) is 4.10. The molecule has 0 unspecified atom stereocenters. The number of carboxylic acids is 2. The van der Waals surface area contributed by atoms with E-state index in [-0.39, 0.29) is 11.8 Å². The highest BCUT2D eigenvalue weighted by Gasteiger charge is 2.49. The van der Waals surface area contributed by atoms with Crippen LogP contribution >= 0.6 is 0 Å². The second-order valence-electron chi connectivity index (χ2n) is 5.81. The first-order valence-electron chi connectivity index (χ1n) is 7.52. The fourth-order valence-electron chi connectivity index (χ4n) is 2.52. The normalized spacial score (nSPS) is 16.2. The predicted octanol–water partition coefficient (Wildman–Crippen LogP) is 3.84. The average molecular weight is 270 g/mol. The predicted molar refractivity (Wildman–Crippen MR) is 73.1 cm³/mol. The van der Waals surface area contributed by atoms with Gasteiger partial charge in [0.2, 0.25) is 0 Å². The van der Waals surface area contributed by atoms with E-state index in [1.54, 1.807) is 0 Å². The average Bonchev–Trinajstić information content (AvgIpc) is 3.12. The number of aliphatic carboxylic acids is 2. The zero-order valence-corrected chi connectivity index (χ0v) is 11.7. The van der Waals surface area contributed by atoms with Crippen molar-refractivity contribution in [3.63, 3.8) is 0 Å². The molecule has 0 aliphatic heterocycles. The van der Waals surface area contributed by atoms with Crippen LogP contribution in [0.2, 0.25) is 0 Å². The molecule has 4 heteroatoms. The van der Waals surface area contributed by atoms with Crippen molar-refractivity contribution < 1.29 is 19.8 Å². The van der Waals surface area contributed by atoms with Crippen molar-refractivity contribution in [1.82, 2.24) is 0 Å². The molecular weight excluding hydrogens is 244 g/mol. The van der Waals surface area contributed by atoms with E-state index in [4.69, 9.17) is 10.2 Å². The van der Waals surface area contributed by atoms with Crippen LogP contribution in [0.5, 0.6) is 0 Å². The summed E-state index contributed by atoms with van der Waals surface area (Å²) in [5.41, 5.74) is -0.350. The van der Waals surface area contributed by atoms with E-state index in [1.165, 1.54) is 19.3 Å². The van der Waals surface area contributed by atoms with E-state index in [0.29, 0.717) is 0 Å². The molecule has 19 heavy (non-hydrogen) atoms. The summed E-state index contributed by atoms with van der Waals surface area (Å²) in [6, 6.07) is 0. The van der Waals surface area contributed by atoms with Gasteiger partial charge in [-0.1, -0.05) is 44.9 Å². The molecule has 0 amide bonds. The fourth-order valence-corrected chi connectivity index (χ4v) is 2.52. The zero-order chi connectivity index (χ0) is 14.1. The molecule has 0 aromatic heterocycles. The molecule has 0 spiro atoms. The van der Waals surface area contributed by atoms with Gasteiger partial charge in [-0.3, -0.25) is 9.59 Å². The van der Waals surface area contributed by atoms with Crippen LogP contribution in [-0.2, 0) is 9.59 Å². The van der Waals surface area contributed by atoms with E-state index in [0.717, 1.165) is 51.4 Å². The molecule has 0 heterocycles. The highest BCUT2D eigenvalue weighted by molar-refractivity contribution is 5.77. The molecule has 0 atom stereocenters. The van der Waals surface area contributed by atoms with Gasteiger partial charge in [0, 0.05) is 6.42 Å². The number of rotatable bonds is 12. The van der Waals surface area contributed by atoms with Gasteiger partial charge in [0.25, 0.3) is 0 Å². The van der Waals surface area contributed by atoms with E-state index >= 15 is 0 Å². The number of hydrogen-bond donors (Lipinski definition) is 2. The van der Waals surface area contributed by atoms with E-state index in [2.05, 4.69) is 0 Å². The summed E-state index contributed by atoms with van der Waals surface area (Å²) >= 11 is 0. The Labute approximate surface area is 115 Å². The van der Waals surface area contributed by atoms with Gasteiger partial charge >= 0.3 is 11.9 Å². The first-order chi connectivity index (χ1) is 9.07. The molecule has 4 nitrogen and oxygen atoms in total. The van der Waals surface area contributed by atoms with Crippen molar-refractivity contribution in [3.05, 3.63) is 0 Å². The molecule has 0 aromatic carbocycles. The van der Waals surface area contributed by atoms with Crippen molar-refractivity contribution in [2.24, 2.45) is 5.41 Å². The molecule has 0 aromatic rings. The molecule has 0 radical (unpaired) electrons. The maximum absolute atomic E-state index is 11.0. The van der Waals surface area contributed by atoms with Crippen molar-refractivity contribution >= 4 is 11.9 Å². The Bertz CT molecular complexity index is 295. The monoisotopic (exact) mass is 270 g/mol. The molecule has 1 aliphatic carbocycles. The SMILES string of the molecule is O=C(O)CCCCCCCCCCC1(C(=O)O)CC1. The minimum absolute atomic E-state index is 0.289. The Morgan fingerprint density at radius 1 is 0.789 bits per heavy atom. The fraction of sp³-hybridized carbons (Fsp3) is 0.867. The lowest BCUT2D eigenvalue weighted by Gasteiger charge is -2.08. The van der Waals surface area contributed by atoms with Crippen LogP contribution in [0.25, 0.3) is 0 Å². The van der Waals surface area contributed by atoms with Crippen LogP contribution in [0.3, 0.4) is 0 Å². The summed E-state index contributed by atoms with van der Waals surface area (Å²) in [6.45, 7) is 0.